The normalized spacial score (nSPS) is 15.4. The maximum absolute atomic E-state index is 13.9. The average molecular weight is 455 g/mol. The van der Waals surface area contributed by atoms with Crippen LogP contribution in [0.4, 0.5) is 10.1 Å². The first-order valence-electron chi connectivity index (χ1n) is 10.9. The lowest BCUT2D eigenvalue weighted by Gasteiger charge is -2.37. The van der Waals surface area contributed by atoms with Crippen LogP contribution in [-0.4, -0.2) is 44.7 Å². The molecule has 3 aromatic rings. The molecule has 1 saturated heterocycles. The van der Waals surface area contributed by atoms with Crippen molar-refractivity contribution in [3.05, 3.63) is 89.2 Å². The minimum atomic E-state index is -0.280. The van der Waals surface area contributed by atoms with Crippen molar-refractivity contribution in [2.45, 2.75) is 12.5 Å². The lowest BCUT2D eigenvalue weighted by Crippen LogP contribution is -2.47. The standard InChI is InChI=1S/C26H28ClFN2O2/c1-31-26-12-5-3-10-23(26)30-17-15-29(16-18-30)14-13-24(20-7-6-8-21(28)19-20)32-25-11-4-2-9-22(25)27/h2-12,19,24H,13-18H2,1H3/t24-/m0/s1. The number of halogens is 2. The van der Waals surface area contributed by atoms with E-state index in [0.29, 0.717) is 10.8 Å². The summed E-state index contributed by atoms with van der Waals surface area (Å²) in [6, 6.07) is 22.2. The highest BCUT2D eigenvalue weighted by Gasteiger charge is 2.22. The second kappa shape index (κ2) is 10.7. The van der Waals surface area contributed by atoms with Crippen molar-refractivity contribution in [1.29, 1.82) is 0 Å². The molecule has 0 spiro atoms. The Labute approximate surface area is 194 Å². The number of rotatable bonds is 8. The first kappa shape index (κ1) is 22.4. The zero-order chi connectivity index (χ0) is 22.3. The second-order valence-corrected chi connectivity index (χ2v) is 8.29. The molecule has 0 radical (unpaired) electrons. The maximum Gasteiger partial charge on any atom is 0.142 e. The van der Waals surface area contributed by atoms with Gasteiger partial charge in [-0.2, -0.15) is 0 Å². The third-order valence-corrected chi connectivity index (χ3v) is 6.14. The van der Waals surface area contributed by atoms with Gasteiger partial charge in [-0.1, -0.05) is 48.0 Å². The van der Waals surface area contributed by atoms with Gasteiger partial charge in [0.1, 0.15) is 23.4 Å². The molecule has 0 unspecified atom stereocenters. The van der Waals surface area contributed by atoms with E-state index in [9.17, 15) is 4.39 Å². The van der Waals surface area contributed by atoms with Crippen LogP contribution in [0.25, 0.3) is 0 Å². The monoisotopic (exact) mass is 454 g/mol. The predicted molar refractivity (Wildman–Crippen MR) is 127 cm³/mol. The van der Waals surface area contributed by atoms with Crippen LogP contribution in [0, 0.1) is 5.82 Å². The molecule has 0 N–H and O–H groups in total. The summed E-state index contributed by atoms with van der Waals surface area (Å²) in [6.45, 7) is 4.60. The number of hydrogen-bond acceptors (Lipinski definition) is 4. The van der Waals surface area contributed by atoms with Crippen molar-refractivity contribution in [1.82, 2.24) is 4.90 Å². The molecule has 0 aliphatic carbocycles. The molecule has 1 atom stereocenters. The molecule has 168 valence electrons. The van der Waals surface area contributed by atoms with Crippen molar-refractivity contribution in [3.8, 4) is 11.5 Å². The molecule has 0 saturated carbocycles. The molecule has 3 aromatic carbocycles. The number of benzene rings is 3. The summed E-state index contributed by atoms with van der Waals surface area (Å²) in [4.78, 5) is 4.79. The lowest BCUT2D eigenvalue weighted by atomic mass is 10.1. The molecule has 4 rings (SSSR count). The molecular formula is C26H28ClFN2O2. The molecule has 1 aliphatic heterocycles. The quantitative estimate of drug-likeness (QED) is 0.428. The summed E-state index contributed by atoms with van der Waals surface area (Å²) in [6.07, 6.45) is 0.460. The van der Waals surface area contributed by atoms with E-state index in [0.717, 1.165) is 56.1 Å². The number of anilines is 1. The molecule has 0 aromatic heterocycles. The Morgan fingerprint density at radius 1 is 0.906 bits per heavy atom. The lowest BCUT2D eigenvalue weighted by molar-refractivity contribution is 0.160. The number of hydrogen-bond donors (Lipinski definition) is 0. The summed E-state index contributed by atoms with van der Waals surface area (Å²) in [7, 11) is 1.71. The zero-order valence-corrected chi connectivity index (χ0v) is 19.0. The van der Waals surface area contributed by atoms with Crippen LogP contribution in [0.1, 0.15) is 18.1 Å². The molecule has 1 fully saturated rings. The Morgan fingerprint density at radius 2 is 1.62 bits per heavy atom. The third-order valence-electron chi connectivity index (χ3n) is 5.83. The molecule has 32 heavy (non-hydrogen) atoms. The molecule has 0 bridgehead atoms. The van der Waals surface area contributed by atoms with E-state index < -0.39 is 0 Å². The van der Waals surface area contributed by atoms with Crippen LogP contribution >= 0.6 is 11.6 Å². The second-order valence-electron chi connectivity index (χ2n) is 7.88. The Kier molecular flexibility index (Phi) is 7.51. The highest BCUT2D eigenvalue weighted by Crippen LogP contribution is 2.32. The SMILES string of the molecule is COc1ccccc1N1CCN(CC[C@H](Oc2ccccc2Cl)c2cccc(F)c2)CC1. The van der Waals surface area contributed by atoms with Gasteiger partial charge < -0.3 is 14.4 Å². The van der Waals surface area contributed by atoms with Gasteiger partial charge in [-0.05, 0) is 42.0 Å². The fraction of sp³-hybridized carbons (Fsp3) is 0.308. The first-order chi connectivity index (χ1) is 15.6. The zero-order valence-electron chi connectivity index (χ0n) is 18.2. The summed E-state index contributed by atoms with van der Waals surface area (Å²) in [5.41, 5.74) is 1.95. The molecule has 0 amide bonds. The van der Waals surface area contributed by atoms with E-state index in [4.69, 9.17) is 21.1 Å². The van der Waals surface area contributed by atoms with Gasteiger partial charge in [0.05, 0.1) is 17.8 Å². The van der Waals surface area contributed by atoms with Gasteiger partial charge in [-0.25, -0.2) is 4.39 Å². The Hall–Kier alpha value is -2.76. The number of para-hydroxylation sites is 3. The summed E-state index contributed by atoms with van der Waals surface area (Å²) >= 11 is 6.31. The van der Waals surface area contributed by atoms with E-state index >= 15 is 0 Å². The van der Waals surface area contributed by atoms with Gasteiger partial charge in [0, 0.05) is 39.1 Å². The van der Waals surface area contributed by atoms with Crippen molar-refractivity contribution < 1.29 is 13.9 Å². The van der Waals surface area contributed by atoms with E-state index in [2.05, 4.69) is 15.9 Å². The topological polar surface area (TPSA) is 24.9 Å². The molecule has 6 heteroatoms. The highest BCUT2D eigenvalue weighted by atomic mass is 35.5. The molecule has 1 heterocycles. The fourth-order valence-corrected chi connectivity index (χ4v) is 4.28. The largest absolute Gasteiger partial charge is 0.495 e. The van der Waals surface area contributed by atoms with E-state index in [1.165, 1.54) is 6.07 Å². The van der Waals surface area contributed by atoms with E-state index in [1.807, 2.05) is 42.5 Å². The van der Waals surface area contributed by atoms with Gasteiger partial charge >= 0.3 is 0 Å². The van der Waals surface area contributed by atoms with E-state index in [-0.39, 0.29) is 11.9 Å². The van der Waals surface area contributed by atoms with Gasteiger partial charge in [-0.15, -0.1) is 0 Å². The van der Waals surface area contributed by atoms with Crippen LogP contribution in [0.2, 0.25) is 5.02 Å². The van der Waals surface area contributed by atoms with Crippen molar-refractivity contribution in [2.75, 3.05) is 44.7 Å². The van der Waals surface area contributed by atoms with Gasteiger partial charge in [0.15, 0.2) is 0 Å². The number of ether oxygens (including phenoxy) is 2. The number of piperazine rings is 1. The van der Waals surface area contributed by atoms with Crippen molar-refractivity contribution >= 4 is 17.3 Å². The van der Waals surface area contributed by atoms with Crippen LogP contribution in [0.15, 0.2) is 72.8 Å². The Bertz CT molecular complexity index is 1020. The molecule has 1 aliphatic rings. The maximum atomic E-state index is 13.9. The number of methoxy groups -OCH3 is 1. The van der Waals surface area contributed by atoms with Crippen LogP contribution in [0.5, 0.6) is 11.5 Å². The molecule has 4 nitrogen and oxygen atoms in total. The van der Waals surface area contributed by atoms with Crippen molar-refractivity contribution in [2.24, 2.45) is 0 Å². The summed E-state index contributed by atoms with van der Waals surface area (Å²) in [5, 5.41) is 0.555. The summed E-state index contributed by atoms with van der Waals surface area (Å²) in [5.74, 6) is 1.25. The fourth-order valence-electron chi connectivity index (χ4n) is 4.10. The minimum Gasteiger partial charge on any atom is -0.495 e. The Morgan fingerprint density at radius 3 is 2.34 bits per heavy atom. The number of nitrogens with zero attached hydrogens (tertiary/aromatic N) is 2. The van der Waals surface area contributed by atoms with Gasteiger partial charge in [0.2, 0.25) is 0 Å². The predicted octanol–water partition coefficient (Wildman–Crippen LogP) is 5.82. The third kappa shape index (κ3) is 5.53. The van der Waals surface area contributed by atoms with Crippen LogP contribution in [-0.2, 0) is 0 Å². The summed E-state index contributed by atoms with van der Waals surface area (Å²) < 4.78 is 25.7. The van der Waals surface area contributed by atoms with Gasteiger partial charge in [-0.3, -0.25) is 4.90 Å². The average Bonchev–Trinajstić information content (AvgIpc) is 2.83. The highest BCUT2D eigenvalue weighted by molar-refractivity contribution is 6.32. The van der Waals surface area contributed by atoms with Crippen LogP contribution < -0.4 is 14.4 Å². The van der Waals surface area contributed by atoms with Crippen LogP contribution in [0.3, 0.4) is 0 Å². The molecular weight excluding hydrogens is 427 g/mol. The smallest absolute Gasteiger partial charge is 0.142 e. The van der Waals surface area contributed by atoms with E-state index in [1.54, 1.807) is 25.3 Å². The minimum absolute atomic E-state index is 0.263. The van der Waals surface area contributed by atoms with Gasteiger partial charge in [0.25, 0.3) is 0 Å². The Balaban J connectivity index is 1.40. The first-order valence-corrected chi connectivity index (χ1v) is 11.3. The van der Waals surface area contributed by atoms with Crippen molar-refractivity contribution in [3.63, 3.8) is 0 Å².